The number of rotatable bonds is 9. The number of carbonyl (C=O) groups excluding carboxylic acids is 2. The van der Waals surface area contributed by atoms with Gasteiger partial charge in [0.05, 0.1) is 13.0 Å². The third-order valence-corrected chi connectivity index (χ3v) is 3.21. The minimum Gasteiger partial charge on any atom is -0.351 e. The second kappa shape index (κ2) is 9.94. The van der Waals surface area contributed by atoms with Crippen LogP contribution < -0.4 is 16.4 Å². The molecule has 5 heteroatoms. The molecule has 5 nitrogen and oxygen atoms in total. The summed E-state index contributed by atoms with van der Waals surface area (Å²) < 4.78 is 0. The number of carbonyl (C=O) groups is 2. The summed E-state index contributed by atoms with van der Waals surface area (Å²) in [5, 5.41) is 5.47. The molecule has 0 heterocycles. The average molecular weight is 291 g/mol. The second-order valence-corrected chi connectivity index (χ2v) is 5.08. The van der Waals surface area contributed by atoms with Crippen LogP contribution in [0.4, 0.5) is 0 Å². The summed E-state index contributed by atoms with van der Waals surface area (Å²) in [6.07, 6.45) is 3.25. The minimum absolute atomic E-state index is 0.00566. The van der Waals surface area contributed by atoms with Crippen molar-refractivity contribution in [3.05, 3.63) is 35.9 Å². The normalized spacial score (nSPS) is 11.7. The Balaban J connectivity index is 2.27. The van der Waals surface area contributed by atoms with Crippen LogP contribution in [0.1, 0.15) is 31.7 Å². The Bertz CT molecular complexity index is 434. The summed E-state index contributed by atoms with van der Waals surface area (Å²) in [6.45, 7) is 2.51. The van der Waals surface area contributed by atoms with Gasteiger partial charge in [-0.25, -0.2) is 0 Å². The summed E-state index contributed by atoms with van der Waals surface area (Å²) in [5.74, 6) is -0.350. The Labute approximate surface area is 126 Å². The standard InChI is InChI=1S/C16H25N3O2/c1-2-3-9-14(11-17)19-16(21)12-18-15(20)10-13-7-5-4-6-8-13/h4-8,14H,2-3,9-12,17H2,1H3,(H,18,20)(H,19,21). The van der Waals surface area contributed by atoms with Crippen LogP contribution in [0.3, 0.4) is 0 Å². The van der Waals surface area contributed by atoms with Crippen molar-refractivity contribution in [2.24, 2.45) is 5.73 Å². The molecule has 0 radical (unpaired) electrons. The van der Waals surface area contributed by atoms with Crippen molar-refractivity contribution in [3.63, 3.8) is 0 Å². The van der Waals surface area contributed by atoms with Crippen molar-refractivity contribution in [2.45, 2.75) is 38.6 Å². The smallest absolute Gasteiger partial charge is 0.239 e. The number of nitrogens with one attached hydrogen (secondary N) is 2. The fourth-order valence-corrected chi connectivity index (χ4v) is 2.00. The molecule has 0 saturated heterocycles. The fourth-order valence-electron chi connectivity index (χ4n) is 2.00. The van der Waals surface area contributed by atoms with E-state index in [2.05, 4.69) is 17.6 Å². The first kappa shape index (κ1) is 17.2. The third-order valence-electron chi connectivity index (χ3n) is 3.21. The van der Waals surface area contributed by atoms with Gasteiger partial charge in [0.2, 0.25) is 11.8 Å². The second-order valence-electron chi connectivity index (χ2n) is 5.08. The molecule has 0 aliphatic rings. The highest BCUT2D eigenvalue weighted by Crippen LogP contribution is 2.00. The highest BCUT2D eigenvalue weighted by molar-refractivity contribution is 5.85. The van der Waals surface area contributed by atoms with E-state index in [1.165, 1.54) is 0 Å². The van der Waals surface area contributed by atoms with E-state index in [9.17, 15) is 9.59 Å². The molecule has 0 fully saturated rings. The summed E-state index contributed by atoms with van der Waals surface area (Å²) in [5.41, 5.74) is 6.55. The van der Waals surface area contributed by atoms with Crippen molar-refractivity contribution in [2.75, 3.05) is 13.1 Å². The summed E-state index contributed by atoms with van der Waals surface area (Å²) in [6, 6.07) is 9.43. The Morgan fingerprint density at radius 2 is 1.90 bits per heavy atom. The molecule has 4 N–H and O–H groups in total. The molecule has 0 spiro atoms. The van der Waals surface area contributed by atoms with E-state index in [0.717, 1.165) is 24.8 Å². The maximum Gasteiger partial charge on any atom is 0.239 e. The van der Waals surface area contributed by atoms with Crippen molar-refractivity contribution >= 4 is 11.8 Å². The maximum absolute atomic E-state index is 11.8. The Kier molecular flexibility index (Phi) is 8.12. The Morgan fingerprint density at radius 3 is 2.52 bits per heavy atom. The van der Waals surface area contributed by atoms with Gasteiger partial charge >= 0.3 is 0 Å². The first-order chi connectivity index (χ1) is 10.2. The molecule has 1 aromatic rings. The van der Waals surface area contributed by atoms with E-state index < -0.39 is 0 Å². The lowest BCUT2D eigenvalue weighted by Gasteiger charge is -2.16. The van der Waals surface area contributed by atoms with E-state index in [4.69, 9.17) is 5.73 Å². The van der Waals surface area contributed by atoms with Gasteiger partial charge in [0.1, 0.15) is 0 Å². The lowest BCUT2D eigenvalue weighted by molar-refractivity contribution is -0.126. The van der Waals surface area contributed by atoms with Gasteiger partial charge in [-0.15, -0.1) is 0 Å². The largest absolute Gasteiger partial charge is 0.351 e. The van der Waals surface area contributed by atoms with Crippen molar-refractivity contribution in [1.29, 1.82) is 0 Å². The van der Waals surface area contributed by atoms with Crippen LogP contribution >= 0.6 is 0 Å². The van der Waals surface area contributed by atoms with Crippen molar-refractivity contribution < 1.29 is 9.59 Å². The molecule has 1 aromatic carbocycles. The Morgan fingerprint density at radius 1 is 1.19 bits per heavy atom. The molecule has 0 saturated carbocycles. The zero-order chi connectivity index (χ0) is 15.5. The number of unbranched alkanes of at least 4 members (excludes halogenated alkanes) is 1. The van der Waals surface area contributed by atoms with E-state index in [1.54, 1.807) is 0 Å². The molecular formula is C16H25N3O2. The molecule has 0 aromatic heterocycles. The molecule has 1 rings (SSSR count). The van der Waals surface area contributed by atoms with Crippen LogP contribution in [0.25, 0.3) is 0 Å². The molecule has 1 unspecified atom stereocenters. The molecule has 2 amide bonds. The quantitative estimate of drug-likeness (QED) is 0.634. The zero-order valence-electron chi connectivity index (χ0n) is 12.6. The van der Waals surface area contributed by atoms with Crippen molar-refractivity contribution in [3.8, 4) is 0 Å². The van der Waals surface area contributed by atoms with Gasteiger partial charge in [0.25, 0.3) is 0 Å². The number of nitrogens with two attached hydrogens (primary N) is 1. The molecule has 1 atom stereocenters. The fraction of sp³-hybridized carbons (Fsp3) is 0.500. The van der Waals surface area contributed by atoms with E-state index in [0.29, 0.717) is 6.54 Å². The van der Waals surface area contributed by atoms with Crippen LogP contribution in [0.5, 0.6) is 0 Å². The summed E-state index contributed by atoms with van der Waals surface area (Å²) in [7, 11) is 0. The van der Waals surface area contributed by atoms with Crippen LogP contribution in [0.15, 0.2) is 30.3 Å². The summed E-state index contributed by atoms with van der Waals surface area (Å²) in [4.78, 5) is 23.5. The third kappa shape index (κ3) is 7.46. The number of hydrogen-bond acceptors (Lipinski definition) is 3. The van der Waals surface area contributed by atoms with Gasteiger partial charge < -0.3 is 16.4 Å². The summed E-state index contributed by atoms with van der Waals surface area (Å²) >= 11 is 0. The molecule has 21 heavy (non-hydrogen) atoms. The topological polar surface area (TPSA) is 84.2 Å². The van der Waals surface area contributed by atoms with Gasteiger partial charge in [-0.2, -0.15) is 0 Å². The lowest BCUT2D eigenvalue weighted by atomic mass is 10.1. The van der Waals surface area contributed by atoms with Crippen molar-refractivity contribution in [1.82, 2.24) is 10.6 Å². The molecule has 0 bridgehead atoms. The van der Waals surface area contributed by atoms with E-state index >= 15 is 0 Å². The molecule has 0 aliphatic carbocycles. The maximum atomic E-state index is 11.8. The minimum atomic E-state index is -0.192. The first-order valence-corrected chi connectivity index (χ1v) is 7.45. The molecule has 0 aliphatic heterocycles. The number of hydrogen-bond donors (Lipinski definition) is 3. The van der Waals surface area contributed by atoms with E-state index in [1.807, 2.05) is 30.3 Å². The predicted octanol–water partition coefficient (Wildman–Crippen LogP) is 0.979. The highest BCUT2D eigenvalue weighted by atomic mass is 16.2. The zero-order valence-corrected chi connectivity index (χ0v) is 12.6. The monoisotopic (exact) mass is 291 g/mol. The molecule has 116 valence electrons. The number of benzene rings is 1. The van der Waals surface area contributed by atoms with Crippen LogP contribution in [-0.2, 0) is 16.0 Å². The van der Waals surface area contributed by atoms with Gasteiger partial charge in [0.15, 0.2) is 0 Å². The van der Waals surface area contributed by atoms with Crippen LogP contribution in [0.2, 0.25) is 0 Å². The predicted molar refractivity (Wildman–Crippen MR) is 83.7 cm³/mol. The van der Waals surface area contributed by atoms with Gasteiger partial charge in [-0.1, -0.05) is 50.1 Å². The van der Waals surface area contributed by atoms with Gasteiger partial charge in [-0.05, 0) is 12.0 Å². The highest BCUT2D eigenvalue weighted by Gasteiger charge is 2.11. The molecular weight excluding hydrogens is 266 g/mol. The van der Waals surface area contributed by atoms with Crippen LogP contribution in [0, 0.1) is 0 Å². The van der Waals surface area contributed by atoms with Gasteiger partial charge in [-0.3, -0.25) is 9.59 Å². The van der Waals surface area contributed by atoms with Gasteiger partial charge in [0, 0.05) is 12.6 Å². The SMILES string of the molecule is CCCCC(CN)NC(=O)CNC(=O)Cc1ccccc1. The lowest BCUT2D eigenvalue weighted by Crippen LogP contribution is -2.45. The Hall–Kier alpha value is -1.88. The first-order valence-electron chi connectivity index (χ1n) is 7.45. The number of amides is 2. The van der Waals surface area contributed by atoms with E-state index in [-0.39, 0.29) is 30.8 Å². The average Bonchev–Trinajstić information content (AvgIpc) is 2.50. The van der Waals surface area contributed by atoms with Crippen LogP contribution in [-0.4, -0.2) is 30.9 Å².